The summed E-state index contributed by atoms with van der Waals surface area (Å²) in [5, 5.41) is 12.4. The Morgan fingerprint density at radius 1 is 1.42 bits per heavy atom. The van der Waals surface area contributed by atoms with Crippen LogP contribution in [-0.4, -0.2) is 6.04 Å². The fourth-order valence-corrected chi connectivity index (χ4v) is 3.12. The van der Waals surface area contributed by atoms with Crippen molar-refractivity contribution in [3.05, 3.63) is 29.6 Å². The average molecular weight is 260 g/mol. The molecular formula is C16H21FN2. The summed E-state index contributed by atoms with van der Waals surface area (Å²) in [5.74, 6) is 0.0786. The first kappa shape index (κ1) is 13.9. The van der Waals surface area contributed by atoms with E-state index in [2.05, 4.69) is 26.1 Å². The van der Waals surface area contributed by atoms with Crippen LogP contribution in [0.3, 0.4) is 0 Å². The van der Waals surface area contributed by atoms with Crippen molar-refractivity contribution in [2.45, 2.75) is 46.1 Å². The minimum absolute atomic E-state index is 0.125. The Balaban J connectivity index is 2.15. The van der Waals surface area contributed by atoms with Crippen LogP contribution in [0.1, 0.15) is 45.6 Å². The fraction of sp³-hybridized carbons (Fsp3) is 0.562. The van der Waals surface area contributed by atoms with Gasteiger partial charge in [-0.1, -0.05) is 26.8 Å². The summed E-state index contributed by atoms with van der Waals surface area (Å²) in [5.41, 5.74) is 1.14. The van der Waals surface area contributed by atoms with Gasteiger partial charge in [-0.15, -0.1) is 0 Å². The molecule has 19 heavy (non-hydrogen) atoms. The third kappa shape index (κ3) is 3.07. The molecule has 1 fully saturated rings. The number of nitrogens with zero attached hydrogens (tertiary/aromatic N) is 1. The maximum atomic E-state index is 13.6. The molecule has 1 aliphatic rings. The molecular weight excluding hydrogens is 239 g/mol. The predicted octanol–water partition coefficient (Wildman–Crippen LogP) is 4.32. The number of benzene rings is 1. The molecule has 1 aromatic rings. The van der Waals surface area contributed by atoms with E-state index in [1.165, 1.54) is 6.07 Å². The zero-order valence-corrected chi connectivity index (χ0v) is 11.8. The van der Waals surface area contributed by atoms with Gasteiger partial charge in [-0.3, -0.25) is 0 Å². The number of halogens is 1. The van der Waals surface area contributed by atoms with Crippen LogP contribution >= 0.6 is 0 Å². The first-order chi connectivity index (χ1) is 8.93. The summed E-state index contributed by atoms with van der Waals surface area (Å²) in [7, 11) is 0. The fourth-order valence-electron chi connectivity index (χ4n) is 3.12. The molecule has 1 aromatic carbocycles. The number of hydrogen-bond acceptors (Lipinski definition) is 2. The Morgan fingerprint density at radius 2 is 2.16 bits per heavy atom. The van der Waals surface area contributed by atoms with E-state index in [0.717, 1.165) is 19.3 Å². The largest absolute Gasteiger partial charge is 0.381 e. The highest BCUT2D eigenvalue weighted by atomic mass is 19.1. The smallest absolute Gasteiger partial charge is 0.143 e. The van der Waals surface area contributed by atoms with Gasteiger partial charge < -0.3 is 5.32 Å². The van der Waals surface area contributed by atoms with Crippen LogP contribution < -0.4 is 5.32 Å². The molecule has 0 aliphatic heterocycles. The normalized spacial score (nSPS) is 25.6. The van der Waals surface area contributed by atoms with E-state index < -0.39 is 5.82 Å². The Bertz CT molecular complexity index is 502. The van der Waals surface area contributed by atoms with Gasteiger partial charge in [-0.25, -0.2) is 4.39 Å². The zero-order valence-electron chi connectivity index (χ0n) is 11.8. The molecule has 1 saturated carbocycles. The minimum atomic E-state index is -0.448. The molecule has 2 atom stereocenters. The molecule has 0 bridgehead atoms. The molecule has 0 saturated heterocycles. The second-order valence-corrected chi connectivity index (χ2v) is 6.41. The van der Waals surface area contributed by atoms with E-state index in [1.54, 1.807) is 12.1 Å². The molecule has 2 unspecified atom stereocenters. The predicted molar refractivity (Wildman–Crippen MR) is 75.3 cm³/mol. The molecule has 102 valence electrons. The lowest BCUT2D eigenvalue weighted by Gasteiger charge is -2.40. The van der Waals surface area contributed by atoms with Gasteiger partial charge in [0.1, 0.15) is 17.4 Å². The first-order valence-corrected chi connectivity index (χ1v) is 6.88. The molecule has 1 N–H and O–H groups in total. The Labute approximate surface area is 114 Å². The van der Waals surface area contributed by atoms with Gasteiger partial charge in [0.05, 0.1) is 5.69 Å². The number of nitrogens with one attached hydrogen (secondary N) is 1. The summed E-state index contributed by atoms with van der Waals surface area (Å²) in [6, 6.07) is 7.03. The van der Waals surface area contributed by atoms with E-state index in [9.17, 15) is 4.39 Å². The lowest BCUT2D eigenvalue weighted by molar-refractivity contribution is 0.177. The first-order valence-electron chi connectivity index (χ1n) is 6.88. The molecule has 3 heteroatoms. The van der Waals surface area contributed by atoms with Crippen LogP contribution in [0.5, 0.6) is 0 Å². The van der Waals surface area contributed by atoms with Crippen LogP contribution in [0.2, 0.25) is 0 Å². The molecule has 0 spiro atoms. The lowest BCUT2D eigenvalue weighted by atomic mass is 9.70. The van der Waals surface area contributed by atoms with Crippen molar-refractivity contribution in [2.24, 2.45) is 11.3 Å². The maximum absolute atomic E-state index is 13.6. The van der Waals surface area contributed by atoms with Crippen LogP contribution in [0.4, 0.5) is 10.1 Å². The average Bonchev–Trinajstić information content (AvgIpc) is 2.32. The van der Waals surface area contributed by atoms with Gasteiger partial charge in [0.15, 0.2) is 0 Å². The highest BCUT2D eigenvalue weighted by Crippen LogP contribution is 2.39. The standard InChI is InChI=1S/C16H21FN2/c1-11-9-16(2,3)8-7-14(11)19-15-6-4-5-13(17)12(15)10-18/h4-6,11,14,19H,7-9H2,1-3H3. The molecule has 1 aliphatic carbocycles. The topological polar surface area (TPSA) is 35.8 Å². The van der Waals surface area contributed by atoms with Crippen LogP contribution in [0.15, 0.2) is 18.2 Å². The molecule has 0 aromatic heterocycles. The Kier molecular flexibility index (Phi) is 3.80. The van der Waals surface area contributed by atoms with Crippen molar-refractivity contribution >= 4 is 5.69 Å². The third-order valence-electron chi connectivity index (χ3n) is 4.16. The number of anilines is 1. The maximum Gasteiger partial charge on any atom is 0.143 e. The van der Waals surface area contributed by atoms with Gasteiger partial charge in [0, 0.05) is 6.04 Å². The van der Waals surface area contributed by atoms with Crippen LogP contribution in [0.25, 0.3) is 0 Å². The van der Waals surface area contributed by atoms with Crippen molar-refractivity contribution in [1.29, 1.82) is 5.26 Å². The van der Waals surface area contributed by atoms with Gasteiger partial charge >= 0.3 is 0 Å². The summed E-state index contributed by atoms with van der Waals surface area (Å²) in [6.07, 6.45) is 3.38. The van der Waals surface area contributed by atoms with E-state index in [4.69, 9.17) is 5.26 Å². The van der Waals surface area contributed by atoms with Crippen molar-refractivity contribution < 1.29 is 4.39 Å². The monoisotopic (exact) mass is 260 g/mol. The molecule has 2 nitrogen and oxygen atoms in total. The van der Waals surface area contributed by atoms with Crippen molar-refractivity contribution in [3.8, 4) is 6.07 Å². The summed E-state index contributed by atoms with van der Waals surface area (Å²) < 4.78 is 13.6. The highest BCUT2D eigenvalue weighted by molar-refractivity contribution is 5.58. The molecule has 0 amide bonds. The molecule has 0 heterocycles. The van der Waals surface area contributed by atoms with Gasteiger partial charge in [0.2, 0.25) is 0 Å². The number of rotatable bonds is 2. The lowest BCUT2D eigenvalue weighted by Crippen LogP contribution is -2.37. The van der Waals surface area contributed by atoms with Gasteiger partial charge in [-0.2, -0.15) is 5.26 Å². The third-order valence-corrected chi connectivity index (χ3v) is 4.16. The highest BCUT2D eigenvalue weighted by Gasteiger charge is 2.32. The van der Waals surface area contributed by atoms with Crippen molar-refractivity contribution in [3.63, 3.8) is 0 Å². The van der Waals surface area contributed by atoms with E-state index in [1.807, 2.05) is 6.07 Å². The van der Waals surface area contributed by atoms with Crippen LogP contribution in [0, 0.1) is 28.5 Å². The van der Waals surface area contributed by atoms with Crippen LogP contribution in [-0.2, 0) is 0 Å². The van der Waals surface area contributed by atoms with E-state index in [-0.39, 0.29) is 5.56 Å². The van der Waals surface area contributed by atoms with Gasteiger partial charge in [0.25, 0.3) is 0 Å². The van der Waals surface area contributed by atoms with E-state index >= 15 is 0 Å². The SMILES string of the molecule is CC1CC(C)(C)CCC1Nc1cccc(F)c1C#N. The summed E-state index contributed by atoms with van der Waals surface area (Å²) in [6.45, 7) is 6.81. The Hall–Kier alpha value is -1.56. The zero-order chi connectivity index (χ0) is 14.0. The second-order valence-electron chi connectivity index (χ2n) is 6.41. The van der Waals surface area contributed by atoms with Crippen molar-refractivity contribution in [1.82, 2.24) is 0 Å². The second kappa shape index (κ2) is 5.21. The van der Waals surface area contributed by atoms with Crippen molar-refractivity contribution in [2.75, 3.05) is 5.32 Å². The minimum Gasteiger partial charge on any atom is -0.381 e. The Morgan fingerprint density at radius 3 is 2.79 bits per heavy atom. The number of hydrogen-bond donors (Lipinski definition) is 1. The van der Waals surface area contributed by atoms with E-state index in [0.29, 0.717) is 23.1 Å². The molecule has 2 rings (SSSR count). The number of nitriles is 1. The summed E-state index contributed by atoms with van der Waals surface area (Å²) >= 11 is 0. The van der Waals surface area contributed by atoms with Gasteiger partial charge in [-0.05, 0) is 42.7 Å². The summed E-state index contributed by atoms with van der Waals surface area (Å²) in [4.78, 5) is 0. The molecule has 0 radical (unpaired) electrons. The quantitative estimate of drug-likeness (QED) is 0.859.